The minimum atomic E-state index is 0. The number of hydrogen-bond acceptors (Lipinski definition) is 3. The second-order valence-corrected chi connectivity index (χ2v) is 7.04. The van der Waals surface area contributed by atoms with Crippen LogP contribution in [0.3, 0.4) is 0 Å². The lowest BCUT2D eigenvalue weighted by Gasteiger charge is -2.36. The summed E-state index contributed by atoms with van der Waals surface area (Å²) in [4.78, 5) is 4.91. The Hall–Kier alpha value is -1.80. The van der Waals surface area contributed by atoms with E-state index in [9.17, 15) is 0 Å². The zero-order valence-corrected chi connectivity index (χ0v) is 19.4. The molecular formula is C23H32IN3O2. The maximum absolute atomic E-state index is 5.76. The number of halogens is 1. The van der Waals surface area contributed by atoms with Crippen LogP contribution in [-0.4, -0.2) is 45.4 Å². The Kier molecular flexibility index (Phi) is 10.3. The molecule has 0 radical (unpaired) electrons. The molecule has 0 unspecified atom stereocenters. The van der Waals surface area contributed by atoms with Crippen LogP contribution in [0.15, 0.2) is 65.7 Å². The summed E-state index contributed by atoms with van der Waals surface area (Å²) in [5.74, 6) is 1.72. The third kappa shape index (κ3) is 7.19. The minimum absolute atomic E-state index is 0. The molecule has 0 aromatic heterocycles. The van der Waals surface area contributed by atoms with Crippen molar-refractivity contribution in [2.75, 3.05) is 39.5 Å². The average Bonchev–Trinajstić information content (AvgIpc) is 2.77. The van der Waals surface area contributed by atoms with Gasteiger partial charge in [0.25, 0.3) is 0 Å². The lowest BCUT2D eigenvalue weighted by molar-refractivity contribution is 0.0531. The van der Waals surface area contributed by atoms with Crippen LogP contribution in [0, 0.1) is 0 Å². The second-order valence-electron chi connectivity index (χ2n) is 7.04. The molecule has 0 bridgehead atoms. The van der Waals surface area contributed by atoms with Crippen LogP contribution in [0.1, 0.15) is 25.3 Å². The predicted molar refractivity (Wildman–Crippen MR) is 130 cm³/mol. The number of ether oxygens (including phenoxy) is 2. The van der Waals surface area contributed by atoms with Crippen LogP contribution in [0.25, 0.3) is 0 Å². The van der Waals surface area contributed by atoms with Crippen molar-refractivity contribution in [3.63, 3.8) is 0 Å². The van der Waals surface area contributed by atoms with Crippen molar-refractivity contribution in [2.45, 2.75) is 25.2 Å². The first-order chi connectivity index (χ1) is 13.8. The van der Waals surface area contributed by atoms with E-state index in [4.69, 9.17) is 14.5 Å². The van der Waals surface area contributed by atoms with Gasteiger partial charge in [0, 0.05) is 25.2 Å². The molecule has 29 heavy (non-hydrogen) atoms. The summed E-state index contributed by atoms with van der Waals surface area (Å²) in [6.45, 7) is 6.52. The van der Waals surface area contributed by atoms with Crippen molar-refractivity contribution >= 4 is 29.9 Å². The van der Waals surface area contributed by atoms with Gasteiger partial charge >= 0.3 is 0 Å². The third-order valence-corrected chi connectivity index (χ3v) is 5.13. The zero-order valence-electron chi connectivity index (χ0n) is 17.1. The molecule has 1 heterocycles. The number of para-hydroxylation sites is 1. The number of nitrogens with zero attached hydrogens (tertiary/aromatic N) is 1. The number of hydrogen-bond donors (Lipinski definition) is 2. The number of nitrogens with one attached hydrogen (secondary N) is 2. The molecule has 2 aromatic carbocycles. The SMILES string of the molecule is CCNC(=NCC1(c2ccccc2)CCOCC1)NCCOc1ccccc1.I. The molecule has 158 valence electrons. The molecule has 1 fully saturated rings. The quantitative estimate of drug-likeness (QED) is 0.245. The van der Waals surface area contributed by atoms with Gasteiger partial charge in [0.15, 0.2) is 5.96 Å². The van der Waals surface area contributed by atoms with Gasteiger partial charge in [0.1, 0.15) is 12.4 Å². The summed E-state index contributed by atoms with van der Waals surface area (Å²) in [5.41, 5.74) is 1.40. The first-order valence-electron chi connectivity index (χ1n) is 10.2. The highest BCUT2D eigenvalue weighted by atomic mass is 127. The van der Waals surface area contributed by atoms with E-state index in [-0.39, 0.29) is 29.4 Å². The van der Waals surface area contributed by atoms with Crippen LogP contribution in [0.5, 0.6) is 5.75 Å². The highest BCUT2D eigenvalue weighted by molar-refractivity contribution is 14.0. The van der Waals surface area contributed by atoms with E-state index in [1.807, 2.05) is 30.3 Å². The van der Waals surface area contributed by atoms with Crippen molar-refractivity contribution in [2.24, 2.45) is 4.99 Å². The molecule has 0 saturated carbocycles. The average molecular weight is 509 g/mol. The monoisotopic (exact) mass is 509 g/mol. The van der Waals surface area contributed by atoms with Gasteiger partial charge in [-0.3, -0.25) is 4.99 Å². The fraction of sp³-hybridized carbons (Fsp3) is 0.435. The van der Waals surface area contributed by atoms with Gasteiger partial charge in [-0.2, -0.15) is 0 Å². The standard InChI is InChI=1S/C23H31N3O2.HI/c1-2-24-22(25-15-18-28-21-11-7-4-8-12-21)26-19-23(13-16-27-17-14-23)20-9-5-3-6-10-20;/h3-12H,2,13-19H2,1H3,(H2,24,25,26);1H. The highest BCUT2D eigenvalue weighted by Gasteiger charge is 2.34. The van der Waals surface area contributed by atoms with Gasteiger partial charge in [-0.15, -0.1) is 24.0 Å². The largest absolute Gasteiger partial charge is 0.492 e. The first-order valence-corrected chi connectivity index (χ1v) is 10.2. The minimum Gasteiger partial charge on any atom is -0.492 e. The van der Waals surface area contributed by atoms with Crippen molar-refractivity contribution in [3.8, 4) is 5.75 Å². The summed E-state index contributed by atoms with van der Waals surface area (Å²) >= 11 is 0. The van der Waals surface area contributed by atoms with E-state index >= 15 is 0 Å². The number of rotatable bonds is 8. The summed E-state index contributed by atoms with van der Waals surface area (Å²) in [6.07, 6.45) is 1.99. The summed E-state index contributed by atoms with van der Waals surface area (Å²) < 4.78 is 11.4. The second kappa shape index (κ2) is 12.7. The molecule has 1 aliphatic rings. The van der Waals surface area contributed by atoms with E-state index in [1.54, 1.807) is 0 Å². The Morgan fingerprint density at radius 1 is 1.00 bits per heavy atom. The van der Waals surface area contributed by atoms with Crippen LogP contribution in [-0.2, 0) is 10.2 Å². The molecule has 3 rings (SSSR count). The highest BCUT2D eigenvalue weighted by Crippen LogP contribution is 2.35. The Labute approximate surface area is 191 Å². The van der Waals surface area contributed by atoms with Gasteiger partial charge in [-0.25, -0.2) is 0 Å². The lowest BCUT2D eigenvalue weighted by Crippen LogP contribution is -2.42. The summed E-state index contributed by atoms with van der Waals surface area (Å²) in [7, 11) is 0. The smallest absolute Gasteiger partial charge is 0.191 e. The normalized spacial score (nSPS) is 15.8. The van der Waals surface area contributed by atoms with Crippen LogP contribution >= 0.6 is 24.0 Å². The van der Waals surface area contributed by atoms with E-state index in [0.717, 1.165) is 50.9 Å². The molecule has 0 amide bonds. The molecule has 0 spiro atoms. The van der Waals surface area contributed by atoms with Gasteiger partial charge in [-0.1, -0.05) is 48.5 Å². The van der Waals surface area contributed by atoms with E-state index < -0.39 is 0 Å². The summed E-state index contributed by atoms with van der Waals surface area (Å²) in [5, 5.41) is 6.72. The first kappa shape index (κ1) is 23.5. The van der Waals surface area contributed by atoms with Crippen molar-refractivity contribution in [1.82, 2.24) is 10.6 Å². The molecule has 0 aliphatic carbocycles. The molecule has 2 N–H and O–H groups in total. The van der Waals surface area contributed by atoms with Crippen LogP contribution < -0.4 is 15.4 Å². The molecule has 1 aliphatic heterocycles. The van der Waals surface area contributed by atoms with Gasteiger partial charge in [0.2, 0.25) is 0 Å². The summed E-state index contributed by atoms with van der Waals surface area (Å²) in [6, 6.07) is 20.6. The topological polar surface area (TPSA) is 54.9 Å². The Morgan fingerprint density at radius 2 is 1.66 bits per heavy atom. The fourth-order valence-electron chi connectivity index (χ4n) is 3.52. The predicted octanol–water partition coefficient (Wildman–Crippen LogP) is 3.99. The van der Waals surface area contributed by atoms with E-state index in [2.05, 4.69) is 47.9 Å². The van der Waals surface area contributed by atoms with Crippen molar-refractivity contribution in [1.29, 1.82) is 0 Å². The Morgan fingerprint density at radius 3 is 2.31 bits per heavy atom. The Balaban J connectivity index is 0.00000300. The molecule has 0 atom stereocenters. The maximum atomic E-state index is 5.76. The lowest BCUT2D eigenvalue weighted by atomic mass is 9.74. The van der Waals surface area contributed by atoms with Gasteiger partial charge in [0.05, 0.1) is 13.1 Å². The number of guanidine groups is 1. The molecule has 5 nitrogen and oxygen atoms in total. The van der Waals surface area contributed by atoms with Crippen molar-refractivity contribution in [3.05, 3.63) is 66.2 Å². The van der Waals surface area contributed by atoms with Gasteiger partial charge in [-0.05, 0) is 37.5 Å². The van der Waals surface area contributed by atoms with Crippen LogP contribution in [0.2, 0.25) is 0 Å². The molecule has 1 saturated heterocycles. The maximum Gasteiger partial charge on any atom is 0.191 e. The van der Waals surface area contributed by atoms with Crippen molar-refractivity contribution < 1.29 is 9.47 Å². The third-order valence-electron chi connectivity index (χ3n) is 5.13. The zero-order chi connectivity index (χ0) is 19.5. The number of benzene rings is 2. The number of aliphatic imine (C=N–C) groups is 1. The molecule has 2 aromatic rings. The fourth-order valence-corrected chi connectivity index (χ4v) is 3.52. The van der Waals surface area contributed by atoms with E-state index in [1.165, 1.54) is 5.56 Å². The molecule has 6 heteroatoms. The molecular weight excluding hydrogens is 477 g/mol. The Bertz CT molecular complexity index is 719. The van der Waals surface area contributed by atoms with Crippen LogP contribution in [0.4, 0.5) is 0 Å². The van der Waals surface area contributed by atoms with E-state index in [0.29, 0.717) is 13.2 Å². The van der Waals surface area contributed by atoms with Gasteiger partial charge < -0.3 is 20.1 Å².